The molecule has 0 N–H and O–H groups in total. The summed E-state index contributed by atoms with van der Waals surface area (Å²) in [5, 5.41) is 10.1. The molecular weight excluding hydrogens is 453 g/mol. The molecule has 10 heteroatoms. The van der Waals surface area contributed by atoms with Gasteiger partial charge in [-0.1, -0.05) is 29.9 Å². The molecule has 4 rings (SSSR count). The van der Waals surface area contributed by atoms with E-state index in [0.29, 0.717) is 11.0 Å². The summed E-state index contributed by atoms with van der Waals surface area (Å²) in [5.41, 5.74) is 1.16. The predicted molar refractivity (Wildman–Crippen MR) is 120 cm³/mol. The van der Waals surface area contributed by atoms with E-state index in [0.717, 1.165) is 16.3 Å². The van der Waals surface area contributed by atoms with Crippen LogP contribution in [0.3, 0.4) is 0 Å². The smallest absolute Gasteiger partial charge is 0.243 e. The number of aromatic nitrogens is 1. The number of fused-ring (bicyclic) bond motifs is 1. The van der Waals surface area contributed by atoms with Crippen molar-refractivity contribution in [1.29, 1.82) is 5.26 Å². The number of allylic oxidation sites excluding steroid dienone is 3. The number of nitrogens with zero attached hydrogens (tertiary/aromatic N) is 3. The third-order valence-electron chi connectivity index (χ3n) is 6.20. The van der Waals surface area contributed by atoms with Crippen LogP contribution in [0.1, 0.15) is 18.9 Å². The Balaban J connectivity index is 1.84. The van der Waals surface area contributed by atoms with Crippen molar-refractivity contribution in [2.24, 2.45) is 5.92 Å². The fourth-order valence-electron chi connectivity index (χ4n) is 4.37. The Bertz CT molecular complexity index is 1450. The van der Waals surface area contributed by atoms with Gasteiger partial charge >= 0.3 is 0 Å². The molecule has 0 saturated heterocycles. The number of rotatable bonds is 4. The Hall–Kier alpha value is -2.74. The maximum absolute atomic E-state index is 14.3. The predicted octanol–water partition coefficient (Wildman–Crippen LogP) is 3.08. The van der Waals surface area contributed by atoms with Crippen molar-refractivity contribution in [3.05, 3.63) is 71.7 Å². The van der Waals surface area contributed by atoms with Crippen molar-refractivity contribution in [2.45, 2.75) is 18.1 Å². The van der Waals surface area contributed by atoms with E-state index in [1.807, 2.05) is 6.07 Å². The lowest BCUT2D eigenvalue weighted by Crippen LogP contribution is -2.46. The minimum Gasteiger partial charge on any atom is -0.243 e. The lowest BCUT2D eigenvalue weighted by Gasteiger charge is -2.38. The fourth-order valence-corrected chi connectivity index (χ4v) is 7.00. The van der Waals surface area contributed by atoms with Gasteiger partial charge in [-0.3, -0.25) is 0 Å². The summed E-state index contributed by atoms with van der Waals surface area (Å²) in [6.45, 7) is 1.82. The average Bonchev–Trinajstić information content (AvgIpc) is 3.20. The summed E-state index contributed by atoms with van der Waals surface area (Å²) in [5.74, 6) is -1.38. The third-order valence-corrected chi connectivity index (χ3v) is 9.80. The third kappa shape index (κ3) is 3.50. The van der Waals surface area contributed by atoms with Gasteiger partial charge in [-0.05, 0) is 37.6 Å². The Morgan fingerprint density at radius 2 is 1.97 bits per heavy atom. The number of para-hydroxylation sites is 1. The van der Waals surface area contributed by atoms with E-state index in [2.05, 4.69) is 0 Å². The monoisotopic (exact) mass is 475 g/mol. The van der Waals surface area contributed by atoms with E-state index in [4.69, 9.17) is 0 Å². The van der Waals surface area contributed by atoms with Gasteiger partial charge in [-0.25, -0.2) is 25.2 Å². The first-order valence-electron chi connectivity index (χ1n) is 9.95. The van der Waals surface area contributed by atoms with Crippen LogP contribution in [0.5, 0.6) is 0 Å². The Morgan fingerprint density at radius 1 is 1.22 bits per heavy atom. The van der Waals surface area contributed by atoms with Gasteiger partial charge in [-0.15, -0.1) is 0 Å². The molecule has 0 spiro atoms. The second-order valence-electron chi connectivity index (χ2n) is 8.17. The fraction of sp³-hybridized carbons (Fsp3) is 0.318. The zero-order valence-electron chi connectivity index (χ0n) is 17.6. The lowest BCUT2D eigenvalue weighted by molar-refractivity contribution is 0.414. The second kappa shape index (κ2) is 7.69. The van der Waals surface area contributed by atoms with Gasteiger partial charge < -0.3 is 0 Å². The van der Waals surface area contributed by atoms with Crippen LogP contribution in [0.4, 0.5) is 4.39 Å². The molecule has 0 radical (unpaired) electrons. The highest BCUT2D eigenvalue weighted by Gasteiger charge is 2.48. The summed E-state index contributed by atoms with van der Waals surface area (Å²) in [6, 6.07) is 8.61. The minimum absolute atomic E-state index is 0.102. The molecule has 2 aromatic rings. The molecule has 2 unspecified atom stereocenters. The van der Waals surface area contributed by atoms with E-state index in [1.165, 1.54) is 29.6 Å². The summed E-state index contributed by atoms with van der Waals surface area (Å²) in [4.78, 5) is 0. The molecule has 0 fully saturated rings. The van der Waals surface area contributed by atoms with Gasteiger partial charge in [0, 0.05) is 30.6 Å². The van der Waals surface area contributed by atoms with Crippen LogP contribution in [0.25, 0.3) is 10.9 Å². The van der Waals surface area contributed by atoms with Crippen molar-refractivity contribution in [2.75, 3.05) is 19.3 Å². The van der Waals surface area contributed by atoms with E-state index in [-0.39, 0.29) is 30.6 Å². The largest absolute Gasteiger partial charge is 0.249 e. The van der Waals surface area contributed by atoms with Crippen molar-refractivity contribution < 1.29 is 21.2 Å². The van der Waals surface area contributed by atoms with E-state index in [1.54, 1.807) is 30.3 Å². The molecule has 1 aromatic carbocycles. The molecule has 1 aliphatic heterocycles. The molecule has 168 valence electrons. The summed E-state index contributed by atoms with van der Waals surface area (Å²) >= 11 is 0. The van der Waals surface area contributed by atoms with Crippen molar-refractivity contribution >= 4 is 30.9 Å². The second-order valence-corrected chi connectivity index (χ2v) is 12.4. The first kappa shape index (κ1) is 22.5. The number of nitriles is 1. The van der Waals surface area contributed by atoms with Crippen LogP contribution in [0, 0.1) is 17.2 Å². The van der Waals surface area contributed by atoms with Gasteiger partial charge in [0.1, 0.15) is 16.6 Å². The molecule has 0 bridgehead atoms. The zero-order chi connectivity index (χ0) is 23.3. The highest BCUT2D eigenvalue weighted by molar-refractivity contribution is 7.91. The first-order valence-corrected chi connectivity index (χ1v) is 13.2. The van der Waals surface area contributed by atoms with Crippen LogP contribution in [0.15, 0.2) is 66.2 Å². The van der Waals surface area contributed by atoms with E-state index >= 15 is 0 Å². The highest BCUT2D eigenvalue weighted by Crippen LogP contribution is 2.42. The normalized spacial score (nSPS) is 24.8. The molecule has 2 aliphatic rings. The Labute approximate surface area is 186 Å². The quantitative estimate of drug-likeness (QED) is 0.633. The standard InChI is InChI=1S/C22H22FN3O4S2/c1-22(32(29,30)26-13-9-17-4-3-5-18(15-24)21(17)26)10-6-19(23)14-20(22)16-7-11-25(12-8-16)31(2,27)28/h3-7,9-10,13-14,20H,8,11-12H2,1-2H3. The van der Waals surface area contributed by atoms with Crippen LogP contribution in [0.2, 0.25) is 0 Å². The molecule has 0 amide bonds. The molecular formula is C22H22FN3O4S2. The summed E-state index contributed by atoms with van der Waals surface area (Å²) < 4.78 is 66.7. The van der Waals surface area contributed by atoms with Crippen LogP contribution >= 0.6 is 0 Å². The number of hydrogen-bond donors (Lipinski definition) is 0. The minimum atomic E-state index is -4.15. The maximum atomic E-state index is 14.3. The Kier molecular flexibility index (Phi) is 5.40. The van der Waals surface area contributed by atoms with Crippen LogP contribution in [-0.2, 0) is 20.0 Å². The first-order chi connectivity index (χ1) is 15.0. The zero-order valence-corrected chi connectivity index (χ0v) is 19.2. The topological polar surface area (TPSA) is 100 Å². The van der Waals surface area contributed by atoms with Crippen LogP contribution in [-0.4, -0.2) is 49.2 Å². The molecule has 0 saturated carbocycles. The summed E-state index contributed by atoms with van der Waals surface area (Å²) in [7, 11) is -7.53. The van der Waals surface area contributed by atoms with Crippen LogP contribution < -0.4 is 0 Å². The van der Waals surface area contributed by atoms with Crippen molar-refractivity contribution in [3.8, 4) is 6.07 Å². The summed E-state index contributed by atoms with van der Waals surface area (Å²) in [6.07, 6.45) is 8.23. The van der Waals surface area contributed by atoms with Gasteiger partial charge in [0.15, 0.2) is 0 Å². The number of benzene rings is 1. The van der Waals surface area contributed by atoms with E-state index in [9.17, 15) is 26.5 Å². The average molecular weight is 476 g/mol. The van der Waals surface area contributed by atoms with Gasteiger partial charge in [-0.2, -0.15) is 9.57 Å². The maximum Gasteiger partial charge on any atom is 0.249 e. The molecule has 2 heterocycles. The molecule has 32 heavy (non-hydrogen) atoms. The van der Waals surface area contributed by atoms with Gasteiger partial charge in [0.05, 0.1) is 17.3 Å². The highest BCUT2D eigenvalue weighted by atomic mass is 32.2. The van der Waals surface area contributed by atoms with Gasteiger partial charge in [0.2, 0.25) is 20.0 Å². The molecule has 1 aromatic heterocycles. The molecule has 7 nitrogen and oxygen atoms in total. The SMILES string of the molecule is CC1(S(=O)(=O)n2ccc3cccc(C#N)c32)C=CC(F)=CC1C1=CCN(S(C)(=O)=O)CC1. The number of sulfonamides is 1. The number of halogens is 1. The van der Waals surface area contributed by atoms with Gasteiger partial charge in [0.25, 0.3) is 0 Å². The van der Waals surface area contributed by atoms with E-state index < -0.39 is 36.5 Å². The lowest BCUT2D eigenvalue weighted by atomic mass is 9.80. The molecule has 2 atom stereocenters. The Morgan fingerprint density at radius 3 is 2.59 bits per heavy atom. The van der Waals surface area contributed by atoms with Crippen molar-refractivity contribution in [1.82, 2.24) is 8.28 Å². The molecule has 1 aliphatic carbocycles. The van der Waals surface area contributed by atoms with Crippen molar-refractivity contribution in [3.63, 3.8) is 0 Å². The number of hydrogen-bond acceptors (Lipinski definition) is 5.